The second-order valence-corrected chi connectivity index (χ2v) is 4.23. The Labute approximate surface area is 94.9 Å². The summed E-state index contributed by atoms with van der Waals surface area (Å²) in [5, 5.41) is 0. The first kappa shape index (κ1) is 11.2. The summed E-state index contributed by atoms with van der Waals surface area (Å²) < 4.78 is 10.2. The van der Waals surface area contributed by atoms with Gasteiger partial charge in [-0.05, 0) is 18.1 Å². The lowest BCUT2D eigenvalue weighted by Gasteiger charge is -2.45. The number of H-pyrrole nitrogens is 1. The largest absolute Gasteiger partial charge is 0.469 e. The number of methoxy groups -OCH3 is 1. The highest BCUT2D eigenvalue weighted by molar-refractivity contribution is 5.75. The van der Waals surface area contributed by atoms with Gasteiger partial charge in [0.25, 0.3) is 0 Å². The van der Waals surface area contributed by atoms with Crippen molar-refractivity contribution in [1.29, 1.82) is 0 Å². The van der Waals surface area contributed by atoms with Gasteiger partial charge < -0.3 is 14.5 Å². The van der Waals surface area contributed by atoms with Crippen molar-refractivity contribution in [3.05, 3.63) is 24.0 Å². The van der Waals surface area contributed by atoms with Gasteiger partial charge in [0, 0.05) is 12.4 Å². The summed E-state index contributed by atoms with van der Waals surface area (Å²) in [5.74, 6) is -0.269. The van der Waals surface area contributed by atoms with Crippen molar-refractivity contribution in [1.82, 2.24) is 4.98 Å². The lowest BCUT2D eigenvalue weighted by atomic mass is 9.68. The fourth-order valence-corrected chi connectivity index (χ4v) is 2.45. The summed E-state index contributed by atoms with van der Waals surface area (Å²) >= 11 is 0. The normalized spacial score (nSPS) is 19.9. The molecule has 0 saturated carbocycles. The van der Waals surface area contributed by atoms with Crippen LogP contribution in [0.15, 0.2) is 18.5 Å². The molecule has 4 nitrogen and oxygen atoms in total. The Morgan fingerprint density at radius 2 is 2.44 bits per heavy atom. The molecule has 0 bridgehead atoms. The molecule has 4 heteroatoms. The molecule has 1 N–H and O–H groups in total. The monoisotopic (exact) mass is 223 g/mol. The number of hydrogen-bond donors (Lipinski definition) is 1. The highest BCUT2D eigenvalue weighted by Crippen LogP contribution is 2.41. The molecule has 0 amide bonds. The molecule has 0 aliphatic carbocycles. The van der Waals surface area contributed by atoms with Crippen LogP contribution in [-0.4, -0.2) is 31.3 Å². The van der Waals surface area contributed by atoms with E-state index in [1.54, 1.807) is 0 Å². The third kappa shape index (κ3) is 1.53. The van der Waals surface area contributed by atoms with Crippen LogP contribution in [0.3, 0.4) is 0 Å². The van der Waals surface area contributed by atoms with Crippen molar-refractivity contribution in [3.63, 3.8) is 0 Å². The average Bonchev–Trinajstić information content (AvgIpc) is 2.75. The predicted octanol–water partition coefficient (Wildman–Crippen LogP) is 1.48. The second-order valence-electron chi connectivity index (χ2n) is 4.23. The van der Waals surface area contributed by atoms with Crippen LogP contribution in [0.5, 0.6) is 0 Å². The number of carbonyl (C=O) groups excluding carboxylic acids is 1. The van der Waals surface area contributed by atoms with Crippen LogP contribution in [0.25, 0.3) is 0 Å². The molecule has 1 aromatic heterocycles. The molecule has 1 aliphatic rings. The van der Waals surface area contributed by atoms with Gasteiger partial charge in [0.05, 0.1) is 31.7 Å². The van der Waals surface area contributed by atoms with E-state index < -0.39 is 0 Å². The van der Waals surface area contributed by atoms with E-state index >= 15 is 0 Å². The fourth-order valence-electron chi connectivity index (χ4n) is 2.45. The van der Waals surface area contributed by atoms with E-state index in [0.29, 0.717) is 13.2 Å². The molecular weight excluding hydrogens is 206 g/mol. The number of carbonyl (C=O) groups is 1. The quantitative estimate of drug-likeness (QED) is 0.787. The molecule has 1 aromatic rings. The Morgan fingerprint density at radius 1 is 1.69 bits per heavy atom. The Hall–Kier alpha value is -1.29. The van der Waals surface area contributed by atoms with Gasteiger partial charge in [0.15, 0.2) is 0 Å². The maximum atomic E-state index is 11.8. The SMILES string of the molecule is CCC(C(=O)OC)C1(c2cc[nH]c2)COC1. The first-order valence-electron chi connectivity index (χ1n) is 5.53. The maximum absolute atomic E-state index is 11.8. The Bertz CT molecular complexity index is 354. The Kier molecular flexibility index (Phi) is 3.01. The summed E-state index contributed by atoms with van der Waals surface area (Å²) in [6.07, 6.45) is 4.58. The van der Waals surface area contributed by atoms with Crippen LogP contribution in [0, 0.1) is 5.92 Å². The highest BCUT2D eigenvalue weighted by atomic mass is 16.5. The zero-order valence-electron chi connectivity index (χ0n) is 9.66. The molecule has 88 valence electrons. The summed E-state index contributed by atoms with van der Waals surface area (Å²) in [6.45, 7) is 3.20. The number of hydrogen-bond acceptors (Lipinski definition) is 3. The van der Waals surface area contributed by atoms with E-state index in [9.17, 15) is 4.79 Å². The van der Waals surface area contributed by atoms with Gasteiger partial charge >= 0.3 is 5.97 Å². The van der Waals surface area contributed by atoms with Crippen molar-refractivity contribution in [2.24, 2.45) is 5.92 Å². The first-order chi connectivity index (χ1) is 7.74. The van der Waals surface area contributed by atoms with Gasteiger partial charge in [0.2, 0.25) is 0 Å². The summed E-state index contributed by atoms with van der Waals surface area (Å²) in [5.41, 5.74) is 0.943. The maximum Gasteiger partial charge on any atom is 0.309 e. The number of rotatable bonds is 4. The van der Waals surface area contributed by atoms with Gasteiger partial charge in [-0.2, -0.15) is 0 Å². The number of aromatic amines is 1. The van der Waals surface area contributed by atoms with E-state index in [0.717, 1.165) is 12.0 Å². The van der Waals surface area contributed by atoms with Crippen LogP contribution >= 0.6 is 0 Å². The van der Waals surface area contributed by atoms with Crippen molar-refractivity contribution in [2.75, 3.05) is 20.3 Å². The molecular formula is C12H17NO3. The second kappa shape index (κ2) is 4.29. The Balaban J connectivity index is 2.30. The van der Waals surface area contributed by atoms with E-state index in [4.69, 9.17) is 9.47 Å². The third-order valence-electron chi connectivity index (χ3n) is 3.45. The standard InChI is InChI=1S/C12H17NO3/c1-3-10(11(14)15-2)12(7-16-8-12)9-4-5-13-6-9/h4-6,10,13H,3,7-8H2,1-2H3. The van der Waals surface area contributed by atoms with Crippen molar-refractivity contribution in [2.45, 2.75) is 18.8 Å². The van der Waals surface area contributed by atoms with Crippen LogP contribution in [0.4, 0.5) is 0 Å². The van der Waals surface area contributed by atoms with Crippen LogP contribution in [0.1, 0.15) is 18.9 Å². The van der Waals surface area contributed by atoms with E-state index in [1.807, 2.05) is 25.4 Å². The number of ether oxygens (including phenoxy) is 2. The molecule has 0 spiro atoms. The van der Waals surface area contributed by atoms with E-state index in [-0.39, 0.29) is 17.3 Å². The summed E-state index contributed by atoms with van der Waals surface area (Å²) in [6, 6.07) is 2.01. The summed E-state index contributed by atoms with van der Waals surface area (Å²) in [4.78, 5) is 14.8. The van der Waals surface area contributed by atoms with Gasteiger partial charge in [-0.3, -0.25) is 4.79 Å². The van der Waals surface area contributed by atoms with Crippen molar-refractivity contribution in [3.8, 4) is 0 Å². The lowest BCUT2D eigenvalue weighted by molar-refractivity contribution is -0.160. The van der Waals surface area contributed by atoms with Crippen LogP contribution in [-0.2, 0) is 19.7 Å². The fraction of sp³-hybridized carbons (Fsp3) is 0.583. The van der Waals surface area contributed by atoms with Gasteiger partial charge in [-0.25, -0.2) is 0 Å². The molecule has 1 fully saturated rings. The third-order valence-corrected chi connectivity index (χ3v) is 3.45. The average molecular weight is 223 g/mol. The topological polar surface area (TPSA) is 51.3 Å². The number of esters is 1. The molecule has 1 aliphatic heterocycles. The lowest BCUT2D eigenvalue weighted by Crippen LogP contribution is -2.54. The minimum atomic E-state index is -0.193. The van der Waals surface area contributed by atoms with E-state index in [1.165, 1.54) is 7.11 Å². The molecule has 2 heterocycles. The molecule has 0 aromatic carbocycles. The van der Waals surface area contributed by atoms with Crippen LogP contribution in [0.2, 0.25) is 0 Å². The van der Waals surface area contributed by atoms with Gasteiger partial charge in [-0.15, -0.1) is 0 Å². The first-order valence-corrected chi connectivity index (χ1v) is 5.53. The molecule has 1 saturated heterocycles. The predicted molar refractivity (Wildman–Crippen MR) is 59.1 cm³/mol. The zero-order valence-corrected chi connectivity index (χ0v) is 9.66. The highest BCUT2D eigenvalue weighted by Gasteiger charge is 2.50. The number of aromatic nitrogens is 1. The molecule has 1 unspecified atom stereocenters. The van der Waals surface area contributed by atoms with E-state index in [2.05, 4.69) is 4.98 Å². The zero-order chi connectivity index (χ0) is 11.6. The summed E-state index contributed by atoms with van der Waals surface area (Å²) in [7, 11) is 1.44. The molecule has 1 atom stereocenters. The minimum Gasteiger partial charge on any atom is -0.469 e. The van der Waals surface area contributed by atoms with Gasteiger partial charge in [-0.1, -0.05) is 6.92 Å². The van der Waals surface area contributed by atoms with Crippen LogP contribution < -0.4 is 0 Å². The molecule has 2 rings (SSSR count). The van der Waals surface area contributed by atoms with Crippen molar-refractivity contribution < 1.29 is 14.3 Å². The minimum absolute atomic E-state index is 0.123. The van der Waals surface area contributed by atoms with Gasteiger partial charge in [0.1, 0.15) is 0 Å². The smallest absolute Gasteiger partial charge is 0.309 e. The molecule has 0 radical (unpaired) electrons. The van der Waals surface area contributed by atoms with Crippen molar-refractivity contribution >= 4 is 5.97 Å². The molecule has 16 heavy (non-hydrogen) atoms. The number of nitrogens with one attached hydrogen (secondary N) is 1. The Morgan fingerprint density at radius 3 is 2.81 bits per heavy atom.